The summed E-state index contributed by atoms with van der Waals surface area (Å²) in [7, 11) is 1.69. The second-order valence-corrected chi connectivity index (χ2v) is 6.39. The highest BCUT2D eigenvalue weighted by atomic mass is 16.5. The van der Waals surface area contributed by atoms with Crippen LogP contribution in [0.25, 0.3) is 0 Å². The molecule has 1 aromatic carbocycles. The molecule has 0 saturated carbocycles. The van der Waals surface area contributed by atoms with E-state index in [1.807, 2.05) is 12.1 Å². The largest absolute Gasteiger partial charge is 0.491 e. The number of hydrogen-bond acceptors (Lipinski definition) is 3. The van der Waals surface area contributed by atoms with Gasteiger partial charge in [-0.1, -0.05) is 25.1 Å². The maximum Gasteiger partial charge on any atom is 0.122 e. The minimum Gasteiger partial charge on any atom is -0.491 e. The first-order valence-electron chi connectivity index (χ1n) is 7.37. The average Bonchev–Trinajstić information content (AvgIpc) is 2.38. The highest BCUT2D eigenvalue weighted by Gasteiger charge is 2.13. The van der Waals surface area contributed by atoms with Gasteiger partial charge in [0, 0.05) is 12.6 Å². The van der Waals surface area contributed by atoms with Crippen molar-refractivity contribution in [2.45, 2.75) is 39.7 Å². The smallest absolute Gasteiger partial charge is 0.122 e. The molecule has 0 heterocycles. The summed E-state index contributed by atoms with van der Waals surface area (Å²) in [5.41, 5.74) is 1.44. The minimum atomic E-state index is 0.169. The molecule has 0 saturated heterocycles. The van der Waals surface area contributed by atoms with Gasteiger partial charge in [-0.25, -0.2) is 0 Å². The lowest BCUT2D eigenvalue weighted by molar-refractivity contribution is 0.145. The quantitative estimate of drug-likeness (QED) is 0.741. The Hall–Kier alpha value is -1.06. The molecular formula is C17H29NO2. The zero-order valence-corrected chi connectivity index (χ0v) is 13.5. The lowest BCUT2D eigenvalue weighted by Crippen LogP contribution is -2.39. The minimum absolute atomic E-state index is 0.169. The Kier molecular flexibility index (Phi) is 7.03. The van der Waals surface area contributed by atoms with Crippen molar-refractivity contribution in [3.63, 3.8) is 0 Å². The molecule has 0 aliphatic rings. The van der Waals surface area contributed by atoms with Crippen LogP contribution in [0.4, 0.5) is 0 Å². The Morgan fingerprint density at radius 1 is 1.15 bits per heavy atom. The highest BCUT2D eigenvalue weighted by Crippen LogP contribution is 2.21. The third-order valence-electron chi connectivity index (χ3n) is 3.07. The van der Waals surface area contributed by atoms with Gasteiger partial charge in [0.25, 0.3) is 0 Å². The zero-order chi connectivity index (χ0) is 15.0. The van der Waals surface area contributed by atoms with E-state index in [1.165, 1.54) is 5.56 Å². The SMILES string of the molecule is COCCOc1ccccc1CC(C)CNC(C)(C)C. The molecule has 0 bridgehead atoms. The molecule has 20 heavy (non-hydrogen) atoms. The number of methoxy groups -OCH3 is 1. The van der Waals surface area contributed by atoms with Crippen LogP contribution in [-0.4, -0.2) is 32.4 Å². The fourth-order valence-electron chi connectivity index (χ4n) is 1.98. The Balaban J connectivity index is 2.53. The monoisotopic (exact) mass is 279 g/mol. The lowest BCUT2D eigenvalue weighted by atomic mass is 9.99. The van der Waals surface area contributed by atoms with E-state index in [4.69, 9.17) is 9.47 Å². The summed E-state index contributed by atoms with van der Waals surface area (Å²) in [6, 6.07) is 8.27. The van der Waals surface area contributed by atoms with Crippen LogP contribution in [0, 0.1) is 5.92 Å². The molecule has 0 fully saturated rings. The molecule has 0 aliphatic carbocycles. The summed E-state index contributed by atoms with van der Waals surface area (Å²) in [6.07, 6.45) is 1.02. The maximum absolute atomic E-state index is 5.78. The van der Waals surface area contributed by atoms with E-state index in [-0.39, 0.29) is 5.54 Å². The first-order valence-corrected chi connectivity index (χ1v) is 7.37. The van der Waals surface area contributed by atoms with Gasteiger partial charge < -0.3 is 14.8 Å². The number of nitrogens with one attached hydrogen (secondary N) is 1. The van der Waals surface area contributed by atoms with Crippen LogP contribution in [0.2, 0.25) is 0 Å². The molecule has 1 N–H and O–H groups in total. The maximum atomic E-state index is 5.78. The molecule has 0 radical (unpaired) electrons. The van der Waals surface area contributed by atoms with Crippen LogP contribution in [0.15, 0.2) is 24.3 Å². The van der Waals surface area contributed by atoms with E-state index in [0.717, 1.165) is 18.7 Å². The Morgan fingerprint density at radius 2 is 1.85 bits per heavy atom. The van der Waals surface area contributed by atoms with Gasteiger partial charge in [0.2, 0.25) is 0 Å². The molecule has 1 aromatic rings. The molecule has 1 atom stereocenters. The van der Waals surface area contributed by atoms with Gasteiger partial charge in [-0.15, -0.1) is 0 Å². The standard InChI is InChI=1S/C17H29NO2/c1-14(13-18-17(2,3)4)12-15-8-6-7-9-16(15)20-11-10-19-5/h6-9,14,18H,10-13H2,1-5H3. The van der Waals surface area contributed by atoms with Crippen molar-refractivity contribution in [3.8, 4) is 5.75 Å². The molecule has 114 valence electrons. The van der Waals surface area contributed by atoms with Crippen LogP contribution >= 0.6 is 0 Å². The number of para-hydroxylation sites is 1. The molecule has 1 rings (SSSR count). The van der Waals surface area contributed by atoms with Gasteiger partial charge in [-0.05, 0) is 51.3 Å². The van der Waals surface area contributed by atoms with Crippen molar-refractivity contribution in [3.05, 3.63) is 29.8 Å². The highest BCUT2D eigenvalue weighted by molar-refractivity contribution is 5.33. The van der Waals surface area contributed by atoms with Gasteiger partial charge in [-0.2, -0.15) is 0 Å². The summed E-state index contributed by atoms with van der Waals surface area (Å²) in [4.78, 5) is 0. The van der Waals surface area contributed by atoms with Gasteiger partial charge in [0.15, 0.2) is 0 Å². The van der Waals surface area contributed by atoms with Crippen LogP contribution < -0.4 is 10.1 Å². The summed E-state index contributed by atoms with van der Waals surface area (Å²) in [5.74, 6) is 1.55. The van der Waals surface area contributed by atoms with Crippen molar-refractivity contribution >= 4 is 0 Å². The summed E-state index contributed by atoms with van der Waals surface area (Å²) in [5, 5.41) is 3.55. The zero-order valence-electron chi connectivity index (χ0n) is 13.5. The second-order valence-electron chi connectivity index (χ2n) is 6.39. The number of benzene rings is 1. The third-order valence-corrected chi connectivity index (χ3v) is 3.07. The van der Waals surface area contributed by atoms with Crippen molar-refractivity contribution in [1.29, 1.82) is 0 Å². The summed E-state index contributed by atoms with van der Waals surface area (Å²) in [6.45, 7) is 11.1. The van der Waals surface area contributed by atoms with Crippen LogP contribution in [0.1, 0.15) is 33.3 Å². The van der Waals surface area contributed by atoms with Crippen molar-refractivity contribution in [1.82, 2.24) is 5.32 Å². The van der Waals surface area contributed by atoms with Gasteiger partial charge >= 0.3 is 0 Å². The van der Waals surface area contributed by atoms with Crippen LogP contribution in [0.3, 0.4) is 0 Å². The fraction of sp³-hybridized carbons (Fsp3) is 0.647. The number of ether oxygens (including phenoxy) is 2. The van der Waals surface area contributed by atoms with Gasteiger partial charge in [0.1, 0.15) is 12.4 Å². The van der Waals surface area contributed by atoms with Gasteiger partial charge in [-0.3, -0.25) is 0 Å². The Bertz CT molecular complexity index is 385. The first kappa shape index (κ1) is 17.0. The van der Waals surface area contributed by atoms with Crippen molar-refractivity contribution in [2.75, 3.05) is 26.9 Å². The van der Waals surface area contributed by atoms with E-state index < -0.39 is 0 Å². The van der Waals surface area contributed by atoms with E-state index in [9.17, 15) is 0 Å². The second kappa shape index (κ2) is 8.28. The average molecular weight is 279 g/mol. The molecule has 1 unspecified atom stereocenters. The van der Waals surface area contributed by atoms with E-state index in [1.54, 1.807) is 7.11 Å². The van der Waals surface area contributed by atoms with Crippen molar-refractivity contribution in [2.24, 2.45) is 5.92 Å². The topological polar surface area (TPSA) is 30.5 Å². The molecule has 0 aromatic heterocycles. The Labute approximate surface area is 123 Å². The normalized spacial score (nSPS) is 13.2. The molecular weight excluding hydrogens is 250 g/mol. The van der Waals surface area contributed by atoms with Crippen LogP contribution in [-0.2, 0) is 11.2 Å². The van der Waals surface area contributed by atoms with E-state index >= 15 is 0 Å². The molecule has 0 aliphatic heterocycles. The van der Waals surface area contributed by atoms with Crippen molar-refractivity contribution < 1.29 is 9.47 Å². The third kappa shape index (κ3) is 6.92. The Morgan fingerprint density at radius 3 is 2.50 bits per heavy atom. The first-order chi connectivity index (χ1) is 9.42. The molecule has 3 nitrogen and oxygen atoms in total. The number of hydrogen-bond donors (Lipinski definition) is 1. The predicted molar refractivity (Wildman–Crippen MR) is 84.4 cm³/mol. The van der Waals surface area contributed by atoms with E-state index in [2.05, 4.69) is 45.1 Å². The number of rotatable bonds is 8. The van der Waals surface area contributed by atoms with Gasteiger partial charge in [0.05, 0.1) is 6.61 Å². The summed E-state index contributed by atoms with van der Waals surface area (Å²) >= 11 is 0. The molecule has 3 heteroatoms. The van der Waals surface area contributed by atoms with E-state index in [0.29, 0.717) is 19.1 Å². The molecule has 0 amide bonds. The molecule has 0 spiro atoms. The lowest BCUT2D eigenvalue weighted by Gasteiger charge is -2.24. The summed E-state index contributed by atoms with van der Waals surface area (Å²) < 4.78 is 10.8. The van der Waals surface area contributed by atoms with Crippen LogP contribution in [0.5, 0.6) is 5.75 Å². The predicted octanol–water partition coefficient (Wildman–Crippen LogP) is 3.28. The fourth-order valence-corrected chi connectivity index (χ4v) is 1.98.